The third-order valence-electron chi connectivity index (χ3n) is 4.08. The summed E-state index contributed by atoms with van der Waals surface area (Å²) in [4.78, 5) is 6.94. The summed E-state index contributed by atoms with van der Waals surface area (Å²) in [7, 11) is 6.04. The zero-order valence-corrected chi connectivity index (χ0v) is 17.2. The Kier molecular flexibility index (Phi) is 13.0. The topological polar surface area (TPSA) is 48.9 Å². The van der Waals surface area contributed by atoms with Crippen LogP contribution in [0.5, 0.6) is 0 Å². The van der Waals surface area contributed by atoms with Crippen LogP contribution in [0.1, 0.15) is 59.8 Å². The lowest BCUT2D eigenvalue weighted by Crippen LogP contribution is -2.39. The van der Waals surface area contributed by atoms with E-state index in [1.54, 1.807) is 7.11 Å². The number of guanidine groups is 1. The smallest absolute Gasteiger partial charge is 0.191 e. The van der Waals surface area contributed by atoms with E-state index in [0.29, 0.717) is 6.54 Å². The molecule has 1 atom stereocenters. The molecule has 0 bridgehead atoms. The van der Waals surface area contributed by atoms with E-state index in [1.807, 2.05) is 0 Å². The Labute approximate surface area is 150 Å². The third-order valence-corrected chi connectivity index (χ3v) is 4.08. The molecule has 0 radical (unpaired) electrons. The van der Waals surface area contributed by atoms with Crippen LogP contribution in [-0.4, -0.2) is 64.3 Å². The normalized spacial score (nSPS) is 14.1. The molecule has 5 nitrogen and oxygen atoms in total. The van der Waals surface area contributed by atoms with E-state index in [1.165, 1.54) is 38.6 Å². The molecule has 24 heavy (non-hydrogen) atoms. The minimum Gasteiger partial charge on any atom is -0.379 e. The molecule has 0 aliphatic heterocycles. The monoisotopic (exact) mass is 342 g/mol. The van der Waals surface area contributed by atoms with Crippen LogP contribution < -0.4 is 10.6 Å². The van der Waals surface area contributed by atoms with Crippen LogP contribution in [0.15, 0.2) is 4.99 Å². The van der Waals surface area contributed by atoms with Gasteiger partial charge in [0.25, 0.3) is 0 Å². The molecular formula is C19H42N4O. The van der Waals surface area contributed by atoms with Crippen molar-refractivity contribution in [3.05, 3.63) is 0 Å². The minimum absolute atomic E-state index is 0.0993. The fraction of sp³-hybridized carbons (Fsp3) is 0.947. The van der Waals surface area contributed by atoms with Crippen LogP contribution in [-0.2, 0) is 4.74 Å². The van der Waals surface area contributed by atoms with Crippen LogP contribution in [0.2, 0.25) is 0 Å². The number of methoxy groups -OCH3 is 1. The maximum atomic E-state index is 5.57. The van der Waals surface area contributed by atoms with Gasteiger partial charge in [0.1, 0.15) is 0 Å². The Bertz CT molecular complexity index is 324. The van der Waals surface area contributed by atoms with Gasteiger partial charge in [-0.2, -0.15) is 0 Å². The molecule has 1 unspecified atom stereocenters. The standard InChI is InChI=1S/C19H42N4O/c1-8-20-18(22-16-17(24-7)19(2,3)4)21-14-12-10-9-11-13-15-23(5)6/h17H,8-16H2,1-7H3,(H2,20,21,22). The molecule has 0 heterocycles. The van der Waals surface area contributed by atoms with Gasteiger partial charge in [-0.1, -0.05) is 40.0 Å². The quantitative estimate of drug-likeness (QED) is 0.325. The molecule has 0 saturated heterocycles. The molecule has 0 aromatic heterocycles. The Morgan fingerprint density at radius 1 is 1.04 bits per heavy atom. The summed E-state index contributed by atoms with van der Waals surface area (Å²) in [6.07, 6.45) is 6.55. The van der Waals surface area contributed by atoms with Gasteiger partial charge < -0.3 is 20.3 Å². The van der Waals surface area contributed by atoms with Crippen molar-refractivity contribution in [3.8, 4) is 0 Å². The second-order valence-corrected chi connectivity index (χ2v) is 7.81. The second kappa shape index (κ2) is 13.5. The van der Waals surface area contributed by atoms with E-state index in [2.05, 4.69) is 62.3 Å². The van der Waals surface area contributed by atoms with Crippen molar-refractivity contribution in [1.29, 1.82) is 0 Å². The summed E-state index contributed by atoms with van der Waals surface area (Å²) in [6, 6.07) is 0. The predicted molar refractivity (Wildman–Crippen MR) is 106 cm³/mol. The number of aliphatic imine (C=N–C) groups is 1. The molecule has 144 valence electrons. The van der Waals surface area contributed by atoms with Gasteiger partial charge in [0.15, 0.2) is 5.96 Å². The van der Waals surface area contributed by atoms with Gasteiger partial charge in [-0.15, -0.1) is 0 Å². The lowest BCUT2D eigenvalue weighted by molar-refractivity contribution is 0.0241. The van der Waals surface area contributed by atoms with Gasteiger partial charge in [0, 0.05) is 20.2 Å². The highest BCUT2D eigenvalue weighted by Crippen LogP contribution is 2.21. The molecule has 0 spiro atoms. The van der Waals surface area contributed by atoms with E-state index in [0.717, 1.165) is 19.0 Å². The number of ether oxygens (including phenoxy) is 1. The van der Waals surface area contributed by atoms with Crippen molar-refractivity contribution >= 4 is 5.96 Å². The van der Waals surface area contributed by atoms with E-state index in [4.69, 9.17) is 4.74 Å². The zero-order valence-electron chi connectivity index (χ0n) is 17.2. The molecule has 0 aromatic carbocycles. The second-order valence-electron chi connectivity index (χ2n) is 7.81. The van der Waals surface area contributed by atoms with Crippen LogP contribution >= 0.6 is 0 Å². The number of nitrogens with one attached hydrogen (secondary N) is 2. The molecule has 0 amide bonds. The highest BCUT2D eigenvalue weighted by atomic mass is 16.5. The highest BCUT2D eigenvalue weighted by Gasteiger charge is 2.23. The van der Waals surface area contributed by atoms with E-state index in [-0.39, 0.29) is 11.5 Å². The first-order valence-corrected chi connectivity index (χ1v) is 9.51. The van der Waals surface area contributed by atoms with Crippen LogP contribution in [0.25, 0.3) is 0 Å². The van der Waals surface area contributed by atoms with Crippen molar-refractivity contribution in [2.75, 3.05) is 47.4 Å². The molecule has 2 N–H and O–H groups in total. The SMILES string of the molecule is CCNC(=NCC(OC)C(C)(C)C)NCCCCCCCN(C)C. The first-order valence-electron chi connectivity index (χ1n) is 9.51. The van der Waals surface area contributed by atoms with Crippen molar-refractivity contribution in [3.63, 3.8) is 0 Å². The van der Waals surface area contributed by atoms with Crippen LogP contribution in [0.4, 0.5) is 0 Å². The van der Waals surface area contributed by atoms with E-state index in [9.17, 15) is 0 Å². The molecule has 0 rings (SSSR count). The number of hydrogen-bond donors (Lipinski definition) is 2. The molecule has 0 fully saturated rings. The Morgan fingerprint density at radius 2 is 1.67 bits per heavy atom. The number of rotatable bonds is 12. The van der Waals surface area contributed by atoms with Gasteiger partial charge in [-0.3, -0.25) is 4.99 Å². The number of nitrogens with zero attached hydrogens (tertiary/aromatic N) is 2. The van der Waals surface area contributed by atoms with E-state index < -0.39 is 0 Å². The van der Waals surface area contributed by atoms with Crippen molar-refractivity contribution in [2.24, 2.45) is 10.4 Å². The molecular weight excluding hydrogens is 300 g/mol. The fourth-order valence-corrected chi connectivity index (χ4v) is 2.51. The predicted octanol–water partition coefficient (Wildman–Crippen LogP) is 3.11. The number of unbranched alkanes of at least 4 members (excludes halogenated alkanes) is 4. The summed E-state index contributed by atoms with van der Waals surface area (Å²) in [5, 5.41) is 6.75. The molecule has 0 aliphatic carbocycles. The molecule has 0 aromatic rings. The average molecular weight is 343 g/mol. The lowest BCUT2D eigenvalue weighted by atomic mass is 9.89. The molecule has 0 saturated carbocycles. The first-order chi connectivity index (χ1) is 11.3. The Morgan fingerprint density at radius 3 is 2.21 bits per heavy atom. The van der Waals surface area contributed by atoms with Gasteiger partial charge in [-0.05, 0) is 45.8 Å². The Hall–Kier alpha value is -0.810. The van der Waals surface area contributed by atoms with Crippen LogP contribution in [0, 0.1) is 5.41 Å². The molecule has 0 aliphatic rings. The summed E-state index contributed by atoms with van der Waals surface area (Å²) < 4.78 is 5.57. The average Bonchev–Trinajstić information content (AvgIpc) is 2.48. The number of hydrogen-bond acceptors (Lipinski definition) is 3. The van der Waals surface area contributed by atoms with Gasteiger partial charge in [-0.25, -0.2) is 0 Å². The first kappa shape index (κ1) is 23.2. The summed E-state index contributed by atoms with van der Waals surface area (Å²) in [5.74, 6) is 0.899. The Balaban J connectivity index is 4.01. The van der Waals surface area contributed by atoms with E-state index >= 15 is 0 Å². The third kappa shape index (κ3) is 12.6. The van der Waals surface area contributed by atoms with Crippen molar-refractivity contribution < 1.29 is 4.74 Å². The summed E-state index contributed by atoms with van der Waals surface area (Å²) in [6.45, 7) is 12.4. The van der Waals surface area contributed by atoms with Crippen molar-refractivity contribution in [1.82, 2.24) is 15.5 Å². The molecule has 5 heteroatoms. The van der Waals surface area contributed by atoms with Crippen LogP contribution in [0.3, 0.4) is 0 Å². The van der Waals surface area contributed by atoms with Gasteiger partial charge in [0.2, 0.25) is 0 Å². The highest BCUT2D eigenvalue weighted by molar-refractivity contribution is 5.79. The minimum atomic E-state index is 0.0993. The zero-order chi connectivity index (χ0) is 18.4. The van der Waals surface area contributed by atoms with Gasteiger partial charge >= 0.3 is 0 Å². The largest absolute Gasteiger partial charge is 0.379 e. The maximum absolute atomic E-state index is 5.57. The summed E-state index contributed by atoms with van der Waals surface area (Å²) in [5.41, 5.74) is 0.0993. The fourth-order valence-electron chi connectivity index (χ4n) is 2.51. The lowest BCUT2D eigenvalue weighted by Gasteiger charge is -2.28. The maximum Gasteiger partial charge on any atom is 0.191 e. The van der Waals surface area contributed by atoms with Crippen molar-refractivity contribution in [2.45, 2.75) is 65.9 Å². The summed E-state index contributed by atoms with van der Waals surface area (Å²) >= 11 is 0. The van der Waals surface area contributed by atoms with Gasteiger partial charge in [0.05, 0.1) is 12.6 Å².